The molecule has 0 atom stereocenters. The monoisotopic (exact) mass is 345 g/mol. The summed E-state index contributed by atoms with van der Waals surface area (Å²) in [6.07, 6.45) is 3.64. The number of nitrogens with one attached hydrogen (secondary N) is 1. The van der Waals surface area contributed by atoms with Crippen LogP contribution in [0.5, 0.6) is 0 Å². The minimum atomic E-state index is -0.00199. The second-order valence-corrected chi connectivity index (χ2v) is 7.07. The molecule has 1 saturated heterocycles. The highest BCUT2D eigenvalue weighted by atomic mass is 32.2. The molecule has 1 aliphatic heterocycles. The number of aromatic nitrogens is 1. The van der Waals surface area contributed by atoms with Gasteiger partial charge in [-0.05, 0) is 31.2 Å². The van der Waals surface area contributed by atoms with Crippen molar-refractivity contribution in [1.82, 2.24) is 15.0 Å². The maximum Gasteiger partial charge on any atom is 0.245 e. The van der Waals surface area contributed by atoms with Crippen LogP contribution in [0, 0.1) is 6.92 Å². The predicted octanol–water partition coefficient (Wildman–Crippen LogP) is 2.75. The molecule has 0 radical (unpaired) electrons. The number of aromatic amines is 1. The number of aryl methyl sites for hydroxylation is 1. The number of para-hydroxylation sites is 1. The van der Waals surface area contributed by atoms with Crippen molar-refractivity contribution in [2.24, 2.45) is 0 Å². The van der Waals surface area contributed by atoms with Crippen LogP contribution in [-0.2, 0) is 16.0 Å². The molecule has 2 amide bonds. The smallest absolute Gasteiger partial charge is 0.245 e. The summed E-state index contributed by atoms with van der Waals surface area (Å²) < 4.78 is 0. The quantitative estimate of drug-likeness (QED) is 0.906. The molecule has 128 valence electrons. The Bertz CT molecular complexity index is 756. The molecular formula is C18H23N3O2S. The number of hydrogen-bond donors (Lipinski definition) is 1. The van der Waals surface area contributed by atoms with Crippen molar-refractivity contribution in [2.45, 2.75) is 26.2 Å². The number of thioether (sulfide) groups is 1. The van der Waals surface area contributed by atoms with Gasteiger partial charge in [-0.1, -0.05) is 18.2 Å². The molecule has 0 aliphatic carbocycles. The number of carbonyl (C=O) groups is 2. The standard InChI is InChI=1S/C18H23N3O2S/c1-13-15(14-6-3-4-7-16(14)19-13)12-18(23)21-10-5-9-20(21)17(22)8-11-24-2/h3-4,6-7,19H,5,8-12H2,1-2H3. The Morgan fingerprint density at radius 1 is 1.17 bits per heavy atom. The Kier molecular flexibility index (Phi) is 5.14. The van der Waals surface area contributed by atoms with Crippen molar-refractivity contribution >= 4 is 34.5 Å². The summed E-state index contributed by atoms with van der Waals surface area (Å²) in [5.41, 5.74) is 3.09. The number of benzene rings is 1. The fourth-order valence-electron chi connectivity index (χ4n) is 3.25. The van der Waals surface area contributed by atoms with Crippen molar-refractivity contribution in [2.75, 3.05) is 25.1 Å². The average Bonchev–Trinajstić information content (AvgIpc) is 3.18. The van der Waals surface area contributed by atoms with Crippen LogP contribution in [0.15, 0.2) is 24.3 Å². The zero-order chi connectivity index (χ0) is 17.1. The largest absolute Gasteiger partial charge is 0.358 e. The van der Waals surface area contributed by atoms with Crippen molar-refractivity contribution in [3.05, 3.63) is 35.5 Å². The molecule has 0 saturated carbocycles. The van der Waals surface area contributed by atoms with E-state index in [-0.39, 0.29) is 11.8 Å². The number of hydrazine groups is 1. The van der Waals surface area contributed by atoms with Crippen LogP contribution in [0.25, 0.3) is 10.9 Å². The fourth-order valence-corrected chi connectivity index (χ4v) is 3.63. The zero-order valence-electron chi connectivity index (χ0n) is 14.2. The normalized spacial score (nSPS) is 14.6. The molecule has 24 heavy (non-hydrogen) atoms. The van der Waals surface area contributed by atoms with Crippen molar-refractivity contribution < 1.29 is 9.59 Å². The Morgan fingerprint density at radius 2 is 1.88 bits per heavy atom. The maximum atomic E-state index is 12.8. The van der Waals surface area contributed by atoms with Crippen LogP contribution in [0.2, 0.25) is 0 Å². The van der Waals surface area contributed by atoms with E-state index in [0.717, 1.165) is 34.3 Å². The van der Waals surface area contributed by atoms with Crippen LogP contribution in [0.1, 0.15) is 24.1 Å². The minimum Gasteiger partial charge on any atom is -0.358 e. The van der Waals surface area contributed by atoms with E-state index in [1.54, 1.807) is 21.8 Å². The Labute approximate surface area is 146 Å². The lowest BCUT2D eigenvalue weighted by Gasteiger charge is -2.28. The molecule has 1 fully saturated rings. The summed E-state index contributed by atoms with van der Waals surface area (Å²) >= 11 is 1.65. The molecule has 1 aliphatic rings. The Hall–Kier alpha value is -1.95. The van der Waals surface area contributed by atoms with Gasteiger partial charge in [-0.15, -0.1) is 0 Å². The summed E-state index contributed by atoms with van der Waals surface area (Å²) in [7, 11) is 0. The second-order valence-electron chi connectivity index (χ2n) is 6.08. The van der Waals surface area contributed by atoms with E-state index < -0.39 is 0 Å². The third-order valence-electron chi connectivity index (χ3n) is 4.48. The molecule has 1 aromatic heterocycles. The summed E-state index contributed by atoms with van der Waals surface area (Å²) in [5.74, 6) is 0.836. The first-order valence-corrected chi connectivity index (χ1v) is 9.67. The van der Waals surface area contributed by atoms with Gasteiger partial charge in [0, 0.05) is 41.9 Å². The first kappa shape index (κ1) is 16.9. The lowest BCUT2D eigenvalue weighted by atomic mass is 10.1. The van der Waals surface area contributed by atoms with Gasteiger partial charge < -0.3 is 4.98 Å². The second kappa shape index (κ2) is 7.30. The van der Waals surface area contributed by atoms with E-state index >= 15 is 0 Å². The number of carbonyl (C=O) groups excluding carboxylic acids is 2. The summed E-state index contributed by atoms with van der Waals surface area (Å²) in [5, 5.41) is 4.37. The number of amides is 2. The third kappa shape index (κ3) is 3.29. The van der Waals surface area contributed by atoms with Gasteiger partial charge in [0.1, 0.15) is 0 Å². The number of hydrogen-bond acceptors (Lipinski definition) is 3. The molecule has 1 N–H and O–H groups in total. The third-order valence-corrected chi connectivity index (χ3v) is 5.09. The van der Waals surface area contributed by atoms with E-state index in [4.69, 9.17) is 0 Å². The molecule has 0 unspecified atom stereocenters. The van der Waals surface area contributed by atoms with Crippen LogP contribution in [0.3, 0.4) is 0 Å². The van der Waals surface area contributed by atoms with Gasteiger partial charge >= 0.3 is 0 Å². The molecule has 1 aromatic carbocycles. The van der Waals surface area contributed by atoms with E-state index in [1.165, 1.54) is 0 Å². The highest BCUT2D eigenvalue weighted by molar-refractivity contribution is 7.98. The number of fused-ring (bicyclic) bond motifs is 1. The first-order valence-electron chi connectivity index (χ1n) is 8.27. The van der Waals surface area contributed by atoms with Crippen LogP contribution in [-0.4, -0.2) is 51.9 Å². The molecule has 3 rings (SSSR count). The number of rotatable bonds is 5. The molecule has 0 bridgehead atoms. The Morgan fingerprint density at radius 3 is 2.62 bits per heavy atom. The van der Waals surface area contributed by atoms with Gasteiger partial charge in [-0.25, -0.2) is 0 Å². The van der Waals surface area contributed by atoms with Gasteiger partial charge in [-0.2, -0.15) is 11.8 Å². The molecule has 2 aromatic rings. The van der Waals surface area contributed by atoms with Gasteiger partial charge in [0.2, 0.25) is 11.8 Å². The van der Waals surface area contributed by atoms with E-state index in [0.29, 0.717) is 25.9 Å². The SMILES string of the molecule is CSCCC(=O)N1CCCN1C(=O)Cc1c(C)[nH]c2ccccc12. The van der Waals surface area contributed by atoms with Gasteiger partial charge in [0.15, 0.2) is 0 Å². The summed E-state index contributed by atoms with van der Waals surface area (Å²) in [6, 6.07) is 8.02. The zero-order valence-corrected chi connectivity index (χ0v) is 15.0. The average molecular weight is 345 g/mol. The highest BCUT2D eigenvalue weighted by Crippen LogP contribution is 2.24. The molecule has 5 nitrogen and oxygen atoms in total. The number of nitrogens with zero attached hydrogens (tertiary/aromatic N) is 2. The molecule has 6 heteroatoms. The van der Waals surface area contributed by atoms with E-state index in [1.807, 2.05) is 37.4 Å². The summed E-state index contributed by atoms with van der Waals surface area (Å²) in [4.78, 5) is 28.5. The maximum absolute atomic E-state index is 12.8. The van der Waals surface area contributed by atoms with Crippen molar-refractivity contribution in [1.29, 1.82) is 0 Å². The Balaban J connectivity index is 1.76. The van der Waals surface area contributed by atoms with Crippen LogP contribution < -0.4 is 0 Å². The van der Waals surface area contributed by atoms with E-state index in [9.17, 15) is 9.59 Å². The summed E-state index contributed by atoms with van der Waals surface area (Å²) in [6.45, 7) is 3.27. The minimum absolute atomic E-state index is 0.00199. The predicted molar refractivity (Wildman–Crippen MR) is 97.8 cm³/mol. The van der Waals surface area contributed by atoms with Gasteiger partial charge in [-0.3, -0.25) is 19.6 Å². The lowest BCUT2D eigenvalue weighted by molar-refractivity contribution is -0.157. The van der Waals surface area contributed by atoms with Crippen molar-refractivity contribution in [3.8, 4) is 0 Å². The van der Waals surface area contributed by atoms with Crippen LogP contribution >= 0.6 is 11.8 Å². The highest BCUT2D eigenvalue weighted by Gasteiger charge is 2.30. The number of H-pyrrole nitrogens is 1. The fraction of sp³-hybridized carbons (Fsp3) is 0.444. The van der Waals surface area contributed by atoms with Gasteiger partial charge in [0.05, 0.1) is 6.42 Å². The first-order chi connectivity index (χ1) is 11.6. The molecule has 2 heterocycles. The lowest BCUT2D eigenvalue weighted by Crippen LogP contribution is -2.45. The van der Waals surface area contributed by atoms with Crippen LogP contribution in [0.4, 0.5) is 0 Å². The van der Waals surface area contributed by atoms with Crippen molar-refractivity contribution in [3.63, 3.8) is 0 Å². The molecule has 0 spiro atoms. The topological polar surface area (TPSA) is 56.4 Å². The van der Waals surface area contributed by atoms with Gasteiger partial charge in [0.25, 0.3) is 0 Å². The molecular weight excluding hydrogens is 322 g/mol. The van der Waals surface area contributed by atoms with E-state index in [2.05, 4.69) is 4.98 Å².